The zero-order valence-corrected chi connectivity index (χ0v) is 13.8. The van der Waals surface area contributed by atoms with Gasteiger partial charge in [-0.2, -0.15) is 13.7 Å². The van der Waals surface area contributed by atoms with Crippen LogP contribution in [0.3, 0.4) is 0 Å². The van der Waals surface area contributed by atoms with E-state index in [0.717, 1.165) is 22.9 Å². The molecule has 1 atom stereocenters. The second-order valence-electron chi connectivity index (χ2n) is 5.39. The molecule has 2 rings (SSSR count). The molecule has 0 amide bonds. The quantitative estimate of drug-likeness (QED) is 0.729. The molecular formula is C18H19NO3S. The number of nitriles is 1. The van der Waals surface area contributed by atoms with E-state index in [4.69, 9.17) is 9.44 Å². The van der Waals surface area contributed by atoms with Gasteiger partial charge in [0.05, 0.1) is 24.8 Å². The second-order valence-corrected chi connectivity index (χ2v) is 6.99. The summed E-state index contributed by atoms with van der Waals surface area (Å²) >= 11 is 0. The number of aryl methyl sites for hydroxylation is 1. The fourth-order valence-electron chi connectivity index (χ4n) is 2.40. The smallest absolute Gasteiger partial charge is 0.264 e. The van der Waals surface area contributed by atoms with Crippen LogP contribution in [0.25, 0.3) is 11.1 Å². The monoisotopic (exact) mass is 329 g/mol. The first-order chi connectivity index (χ1) is 11.0. The molecule has 0 spiro atoms. The van der Waals surface area contributed by atoms with Gasteiger partial charge in [0.25, 0.3) is 10.1 Å². The summed E-state index contributed by atoms with van der Waals surface area (Å²) < 4.78 is 27.4. The maximum Gasteiger partial charge on any atom is 0.264 e. The van der Waals surface area contributed by atoms with Crippen molar-refractivity contribution in [3.05, 3.63) is 60.2 Å². The molecule has 5 heteroatoms. The van der Waals surface area contributed by atoms with E-state index in [1.54, 1.807) is 0 Å². The van der Waals surface area contributed by atoms with Gasteiger partial charge in [-0.15, -0.1) is 0 Å². The van der Waals surface area contributed by atoms with Gasteiger partial charge in [-0.25, -0.2) is 0 Å². The fourth-order valence-corrected chi connectivity index (χ4v) is 3.06. The van der Waals surface area contributed by atoms with Crippen LogP contribution in [0.1, 0.15) is 18.4 Å². The summed E-state index contributed by atoms with van der Waals surface area (Å²) in [6, 6.07) is 20.1. The van der Waals surface area contributed by atoms with Gasteiger partial charge in [-0.3, -0.25) is 4.18 Å². The largest absolute Gasteiger partial charge is 0.266 e. The molecule has 0 bridgehead atoms. The summed E-state index contributed by atoms with van der Waals surface area (Å²) in [6.45, 7) is 0. The third-order valence-electron chi connectivity index (χ3n) is 3.42. The van der Waals surface area contributed by atoms with E-state index < -0.39 is 16.2 Å². The Morgan fingerprint density at radius 1 is 1.09 bits per heavy atom. The van der Waals surface area contributed by atoms with Gasteiger partial charge in [0.15, 0.2) is 0 Å². The van der Waals surface area contributed by atoms with Crippen molar-refractivity contribution in [2.45, 2.75) is 25.4 Å². The Balaban J connectivity index is 2.07. The normalized spacial score (nSPS) is 12.5. The lowest BCUT2D eigenvalue weighted by atomic mass is 9.99. The Morgan fingerprint density at radius 3 is 2.43 bits per heavy atom. The van der Waals surface area contributed by atoms with Crippen LogP contribution in [0.5, 0.6) is 0 Å². The first-order valence-corrected chi connectivity index (χ1v) is 9.19. The Hall–Kier alpha value is -2.16. The number of rotatable bonds is 7. The zero-order valence-electron chi connectivity index (χ0n) is 13.0. The molecule has 0 radical (unpaired) electrons. The summed E-state index contributed by atoms with van der Waals surface area (Å²) in [6.07, 6.45) is 1.61. The van der Waals surface area contributed by atoms with Crippen LogP contribution >= 0.6 is 0 Å². The average Bonchev–Trinajstić information content (AvgIpc) is 2.53. The van der Waals surface area contributed by atoms with Crippen molar-refractivity contribution in [1.29, 1.82) is 5.26 Å². The van der Waals surface area contributed by atoms with Gasteiger partial charge in [-0.1, -0.05) is 54.6 Å². The Morgan fingerprint density at radius 2 is 1.78 bits per heavy atom. The standard InChI is InChI=1S/C18H19NO3S/c1-23(20,21)22-18(12-13-19)11-10-15-6-5-9-17(14-15)16-7-3-2-4-8-16/h2-9,14,18H,10-12H2,1H3. The molecule has 0 aromatic heterocycles. The minimum absolute atomic E-state index is 0.0610. The Bertz CT molecular complexity index is 779. The lowest BCUT2D eigenvalue weighted by Crippen LogP contribution is -2.18. The summed E-state index contributed by atoms with van der Waals surface area (Å²) in [5.41, 5.74) is 3.34. The van der Waals surface area contributed by atoms with Crippen molar-refractivity contribution in [2.24, 2.45) is 0 Å². The van der Waals surface area contributed by atoms with Gasteiger partial charge in [0.2, 0.25) is 0 Å². The molecule has 0 saturated carbocycles. The van der Waals surface area contributed by atoms with Crippen molar-refractivity contribution in [3.63, 3.8) is 0 Å². The highest BCUT2D eigenvalue weighted by Crippen LogP contribution is 2.21. The van der Waals surface area contributed by atoms with E-state index in [9.17, 15) is 8.42 Å². The van der Waals surface area contributed by atoms with Crippen LogP contribution < -0.4 is 0 Å². The topological polar surface area (TPSA) is 67.2 Å². The highest BCUT2D eigenvalue weighted by molar-refractivity contribution is 7.86. The minimum atomic E-state index is -3.55. The molecule has 120 valence electrons. The van der Waals surface area contributed by atoms with Gasteiger partial charge < -0.3 is 0 Å². The van der Waals surface area contributed by atoms with Gasteiger partial charge >= 0.3 is 0 Å². The minimum Gasteiger partial charge on any atom is -0.266 e. The number of benzene rings is 2. The van der Waals surface area contributed by atoms with Gasteiger partial charge in [0.1, 0.15) is 0 Å². The molecule has 4 nitrogen and oxygen atoms in total. The molecule has 0 aliphatic carbocycles. The molecular weight excluding hydrogens is 310 g/mol. The third-order valence-corrected chi connectivity index (χ3v) is 4.04. The van der Waals surface area contributed by atoms with Crippen molar-refractivity contribution >= 4 is 10.1 Å². The molecule has 0 N–H and O–H groups in total. The van der Waals surface area contributed by atoms with Crippen molar-refractivity contribution in [3.8, 4) is 17.2 Å². The van der Waals surface area contributed by atoms with E-state index in [1.165, 1.54) is 0 Å². The Labute approximate surface area is 137 Å². The lowest BCUT2D eigenvalue weighted by molar-refractivity contribution is 0.206. The SMILES string of the molecule is CS(=O)(=O)OC(CC#N)CCc1cccc(-c2ccccc2)c1. The highest BCUT2D eigenvalue weighted by atomic mass is 32.2. The number of nitrogens with zero attached hydrogens (tertiary/aromatic N) is 1. The van der Waals surface area contributed by atoms with Crippen molar-refractivity contribution in [1.82, 2.24) is 0 Å². The molecule has 0 aliphatic heterocycles. The van der Waals surface area contributed by atoms with Crippen LogP contribution in [0.2, 0.25) is 0 Å². The predicted octanol–water partition coefficient (Wildman–Crippen LogP) is 3.54. The van der Waals surface area contributed by atoms with Crippen molar-refractivity contribution < 1.29 is 12.6 Å². The van der Waals surface area contributed by atoms with E-state index >= 15 is 0 Å². The zero-order chi connectivity index (χ0) is 16.7. The summed E-state index contributed by atoms with van der Waals surface area (Å²) in [7, 11) is -3.55. The highest BCUT2D eigenvalue weighted by Gasteiger charge is 2.15. The summed E-state index contributed by atoms with van der Waals surface area (Å²) in [5.74, 6) is 0. The summed E-state index contributed by atoms with van der Waals surface area (Å²) in [4.78, 5) is 0. The molecule has 0 aliphatic rings. The van der Waals surface area contributed by atoms with E-state index in [1.807, 2.05) is 54.6 Å². The van der Waals surface area contributed by atoms with E-state index in [0.29, 0.717) is 12.8 Å². The molecule has 0 heterocycles. The first kappa shape index (κ1) is 17.2. The second kappa shape index (κ2) is 7.91. The summed E-state index contributed by atoms with van der Waals surface area (Å²) in [5, 5.41) is 8.80. The molecule has 2 aromatic carbocycles. The third kappa shape index (κ3) is 5.85. The number of hydrogen-bond acceptors (Lipinski definition) is 4. The first-order valence-electron chi connectivity index (χ1n) is 7.37. The Kier molecular flexibility index (Phi) is 5.91. The van der Waals surface area contributed by atoms with Crippen LogP contribution in [-0.4, -0.2) is 20.8 Å². The van der Waals surface area contributed by atoms with Gasteiger partial charge in [-0.05, 0) is 29.5 Å². The van der Waals surface area contributed by atoms with Crippen LogP contribution in [-0.2, 0) is 20.7 Å². The predicted molar refractivity (Wildman–Crippen MR) is 90.1 cm³/mol. The van der Waals surface area contributed by atoms with Crippen LogP contribution in [0, 0.1) is 11.3 Å². The molecule has 2 aromatic rings. The fraction of sp³-hybridized carbons (Fsp3) is 0.278. The van der Waals surface area contributed by atoms with Crippen LogP contribution in [0.4, 0.5) is 0 Å². The maximum absolute atomic E-state index is 11.2. The average molecular weight is 329 g/mol. The molecule has 1 unspecified atom stereocenters. The number of hydrogen-bond donors (Lipinski definition) is 0. The van der Waals surface area contributed by atoms with Crippen LogP contribution in [0.15, 0.2) is 54.6 Å². The molecule has 0 fully saturated rings. The van der Waals surface area contributed by atoms with Crippen molar-refractivity contribution in [2.75, 3.05) is 6.26 Å². The van der Waals surface area contributed by atoms with E-state index in [2.05, 4.69) is 6.07 Å². The van der Waals surface area contributed by atoms with E-state index in [-0.39, 0.29) is 6.42 Å². The maximum atomic E-state index is 11.2. The molecule has 0 saturated heterocycles. The molecule has 23 heavy (non-hydrogen) atoms. The lowest BCUT2D eigenvalue weighted by Gasteiger charge is -2.13. The van der Waals surface area contributed by atoms with Gasteiger partial charge in [0, 0.05) is 0 Å².